The van der Waals surface area contributed by atoms with Crippen molar-refractivity contribution in [3.63, 3.8) is 0 Å². The highest BCUT2D eigenvalue weighted by Crippen LogP contribution is 2.05. The van der Waals surface area contributed by atoms with Crippen molar-refractivity contribution < 1.29 is 9.84 Å². The van der Waals surface area contributed by atoms with Gasteiger partial charge >= 0.3 is 0 Å². The first-order valence-corrected chi connectivity index (χ1v) is 4.53. The highest BCUT2D eigenvalue weighted by Gasteiger charge is 2.10. The van der Waals surface area contributed by atoms with Crippen molar-refractivity contribution in [3.8, 4) is 12.3 Å². The fraction of sp³-hybridized carbons (Fsp3) is 0.333. The lowest BCUT2D eigenvalue weighted by molar-refractivity contribution is -0.0115. The van der Waals surface area contributed by atoms with Crippen LogP contribution in [0.25, 0.3) is 0 Å². The molecule has 1 aromatic rings. The molecule has 0 radical (unpaired) electrons. The molecule has 74 valence electrons. The molecule has 0 heterocycles. The summed E-state index contributed by atoms with van der Waals surface area (Å²) < 4.78 is 5.39. The van der Waals surface area contributed by atoms with E-state index in [1.807, 2.05) is 30.3 Å². The van der Waals surface area contributed by atoms with Gasteiger partial charge < -0.3 is 9.84 Å². The first-order valence-electron chi connectivity index (χ1n) is 4.53. The van der Waals surface area contributed by atoms with Crippen LogP contribution in [-0.2, 0) is 11.3 Å². The third-order valence-electron chi connectivity index (χ3n) is 1.97. The first-order chi connectivity index (χ1) is 6.74. The molecule has 0 aliphatic rings. The summed E-state index contributed by atoms with van der Waals surface area (Å²) in [5, 5.41) is 9.24. The Morgan fingerprint density at radius 3 is 2.64 bits per heavy atom. The van der Waals surface area contributed by atoms with E-state index in [1.54, 1.807) is 6.92 Å². The molecule has 0 saturated carbocycles. The van der Waals surface area contributed by atoms with Gasteiger partial charge in [0.05, 0.1) is 12.7 Å². The molecule has 0 fully saturated rings. The lowest BCUT2D eigenvalue weighted by Gasteiger charge is -2.14. The van der Waals surface area contributed by atoms with E-state index in [2.05, 4.69) is 5.92 Å². The van der Waals surface area contributed by atoms with E-state index in [9.17, 15) is 5.11 Å². The molecule has 2 nitrogen and oxygen atoms in total. The van der Waals surface area contributed by atoms with Crippen molar-refractivity contribution >= 4 is 0 Å². The Bertz CT molecular complexity index is 300. The Hall–Kier alpha value is -1.30. The van der Waals surface area contributed by atoms with Gasteiger partial charge in [-0.2, -0.15) is 0 Å². The molecule has 14 heavy (non-hydrogen) atoms. The molecule has 2 atom stereocenters. The summed E-state index contributed by atoms with van der Waals surface area (Å²) in [4.78, 5) is 0. The zero-order valence-electron chi connectivity index (χ0n) is 8.18. The van der Waals surface area contributed by atoms with Crippen LogP contribution >= 0.6 is 0 Å². The Labute approximate surface area is 84.5 Å². The van der Waals surface area contributed by atoms with Gasteiger partial charge in [0.1, 0.15) is 6.10 Å². The average Bonchev–Trinajstić information content (AvgIpc) is 2.26. The lowest BCUT2D eigenvalue weighted by atomic mass is 10.2. The molecule has 1 aromatic carbocycles. The average molecular weight is 190 g/mol. The monoisotopic (exact) mass is 190 g/mol. The second-order valence-electron chi connectivity index (χ2n) is 3.11. The number of benzene rings is 1. The Morgan fingerprint density at radius 1 is 1.43 bits per heavy atom. The SMILES string of the molecule is C#C[C@@H](O)[C@H](C)OCc1ccccc1. The number of ether oxygens (including phenoxy) is 1. The summed E-state index contributed by atoms with van der Waals surface area (Å²) >= 11 is 0. The van der Waals surface area contributed by atoms with Crippen molar-refractivity contribution in [1.29, 1.82) is 0 Å². The van der Waals surface area contributed by atoms with Crippen LogP contribution in [0.2, 0.25) is 0 Å². The van der Waals surface area contributed by atoms with Crippen molar-refractivity contribution in [2.24, 2.45) is 0 Å². The highest BCUT2D eigenvalue weighted by atomic mass is 16.5. The molecule has 0 aromatic heterocycles. The molecule has 0 spiro atoms. The van der Waals surface area contributed by atoms with Crippen molar-refractivity contribution in [2.75, 3.05) is 0 Å². The second kappa shape index (κ2) is 5.43. The summed E-state index contributed by atoms with van der Waals surface area (Å²) in [6.45, 7) is 2.23. The maximum atomic E-state index is 9.24. The van der Waals surface area contributed by atoms with Gasteiger partial charge in [0.25, 0.3) is 0 Å². The minimum atomic E-state index is -0.835. The van der Waals surface area contributed by atoms with Crippen LogP contribution in [0.15, 0.2) is 30.3 Å². The molecule has 0 saturated heterocycles. The molecule has 0 aliphatic carbocycles. The zero-order chi connectivity index (χ0) is 10.4. The van der Waals surface area contributed by atoms with Crippen LogP contribution in [0, 0.1) is 12.3 Å². The van der Waals surface area contributed by atoms with E-state index < -0.39 is 6.10 Å². The van der Waals surface area contributed by atoms with Crippen LogP contribution in [0.5, 0.6) is 0 Å². The molecule has 0 bridgehead atoms. The minimum Gasteiger partial charge on any atom is -0.378 e. The fourth-order valence-electron chi connectivity index (χ4n) is 1.03. The van der Waals surface area contributed by atoms with Crippen molar-refractivity contribution in [2.45, 2.75) is 25.7 Å². The summed E-state index contributed by atoms with van der Waals surface area (Å²) in [6, 6.07) is 9.77. The van der Waals surface area contributed by atoms with E-state index in [1.165, 1.54) is 0 Å². The van der Waals surface area contributed by atoms with E-state index >= 15 is 0 Å². The lowest BCUT2D eigenvalue weighted by Crippen LogP contribution is -2.23. The first kappa shape index (κ1) is 10.8. The van der Waals surface area contributed by atoms with Gasteiger partial charge in [0, 0.05) is 0 Å². The van der Waals surface area contributed by atoms with Gasteiger partial charge in [-0.1, -0.05) is 36.3 Å². The van der Waals surface area contributed by atoms with E-state index in [-0.39, 0.29) is 6.10 Å². The number of terminal acetylenes is 1. The zero-order valence-corrected chi connectivity index (χ0v) is 8.18. The number of hydrogen-bond donors (Lipinski definition) is 1. The number of hydrogen-bond acceptors (Lipinski definition) is 2. The second-order valence-corrected chi connectivity index (χ2v) is 3.11. The molecule has 0 amide bonds. The van der Waals surface area contributed by atoms with Crippen LogP contribution in [-0.4, -0.2) is 17.3 Å². The largest absolute Gasteiger partial charge is 0.378 e. The summed E-state index contributed by atoms with van der Waals surface area (Å²) in [5.74, 6) is 2.23. The van der Waals surface area contributed by atoms with Crippen LogP contribution < -0.4 is 0 Å². The predicted molar refractivity (Wildman–Crippen MR) is 55.5 cm³/mol. The molecular formula is C12H14O2. The van der Waals surface area contributed by atoms with Crippen LogP contribution in [0.3, 0.4) is 0 Å². The molecule has 0 unspecified atom stereocenters. The standard InChI is InChI=1S/C12H14O2/c1-3-12(13)10(2)14-9-11-7-5-4-6-8-11/h1,4-8,10,12-13H,9H2,2H3/t10-,12+/m0/s1. The quantitative estimate of drug-likeness (QED) is 0.730. The number of aliphatic hydroxyl groups excluding tert-OH is 1. The van der Waals surface area contributed by atoms with Gasteiger partial charge in [-0.25, -0.2) is 0 Å². The molecule has 2 heteroatoms. The van der Waals surface area contributed by atoms with Crippen molar-refractivity contribution in [1.82, 2.24) is 0 Å². The van der Waals surface area contributed by atoms with Crippen molar-refractivity contribution in [3.05, 3.63) is 35.9 Å². The normalized spacial score (nSPS) is 14.4. The smallest absolute Gasteiger partial charge is 0.140 e. The summed E-state index contributed by atoms with van der Waals surface area (Å²) in [6.07, 6.45) is 3.89. The van der Waals surface area contributed by atoms with Gasteiger partial charge in [0.15, 0.2) is 0 Å². The van der Waals surface area contributed by atoms with E-state index in [4.69, 9.17) is 11.2 Å². The molecule has 1 rings (SSSR count). The third-order valence-corrected chi connectivity index (χ3v) is 1.97. The van der Waals surface area contributed by atoms with Gasteiger partial charge in [-0.05, 0) is 12.5 Å². The molecule has 0 aliphatic heterocycles. The van der Waals surface area contributed by atoms with Crippen LogP contribution in [0.4, 0.5) is 0 Å². The van der Waals surface area contributed by atoms with E-state index in [0.29, 0.717) is 6.61 Å². The summed E-state index contributed by atoms with van der Waals surface area (Å²) in [5.41, 5.74) is 1.07. The summed E-state index contributed by atoms with van der Waals surface area (Å²) in [7, 11) is 0. The maximum absolute atomic E-state index is 9.24. The molecular weight excluding hydrogens is 176 g/mol. The number of rotatable bonds is 4. The highest BCUT2D eigenvalue weighted by molar-refractivity contribution is 5.13. The predicted octanol–water partition coefficient (Wildman–Crippen LogP) is 1.59. The van der Waals surface area contributed by atoms with Crippen LogP contribution in [0.1, 0.15) is 12.5 Å². The maximum Gasteiger partial charge on any atom is 0.140 e. The Balaban J connectivity index is 2.39. The minimum absolute atomic E-state index is 0.333. The van der Waals surface area contributed by atoms with Gasteiger partial charge in [-0.3, -0.25) is 0 Å². The number of aliphatic hydroxyl groups is 1. The van der Waals surface area contributed by atoms with Gasteiger partial charge in [0.2, 0.25) is 0 Å². The van der Waals surface area contributed by atoms with E-state index in [0.717, 1.165) is 5.56 Å². The molecule has 1 N–H and O–H groups in total. The topological polar surface area (TPSA) is 29.5 Å². The fourth-order valence-corrected chi connectivity index (χ4v) is 1.03. The Morgan fingerprint density at radius 2 is 2.07 bits per heavy atom. The van der Waals surface area contributed by atoms with Gasteiger partial charge in [-0.15, -0.1) is 6.42 Å². The third kappa shape index (κ3) is 3.21. The Kier molecular flexibility index (Phi) is 4.18.